The zero-order valence-corrected chi connectivity index (χ0v) is 13.7. The van der Waals surface area contributed by atoms with Crippen molar-refractivity contribution >= 4 is 21.6 Å². The average molecular weight is 352 g/mol. The van der Waals surface area contributed by atoms with Crippen LogP contribution < -0.4 is 16.2 Å². The topological polar surface area (TPSA) is 70.1 Å². The average Bonchev–Trinajstić information content (AvgIpc) is 2.46. The Kier molecular flexibility index (Phi) is 5.01. The smallest absolute Gasteiger partial charge is 0.348 e. The van der Waals surface area contributed by atoms with Gasteiger partial charge < -0.3 is 10.5 Å². The third-order valence-corrected chi connectivity index (χ3v) is 4.38. The molecule has 0 saturated carbocycles. The van der Waals surface area contributed by atoms with Crippen molar-refractivity contribution < 1.29 is 4.74 Å². The third kappa shape index (κ3) is 3.64. The second kappa shape index (κ2) is 6.76. The Morgan fingerprint density at radius 2 is 2.05 bits per heavy atom. The van der Waals surface area contributed by atoms with Crippen LogP contribution in [0.15, 0.2) is 33.5 Å². The summed E-state index contributed by atoms with van der Waals surface area (Å²) in [6.07, 6.45) is 0.701. The van der Waals surface area contributed by atoms with Crippen LogP contribution in [0.3, 0.4) is 0 Å². The van der Waals surface area contributed by atoms with E-state index in [0.717, 1.165) is 10.2 Å². The van der Waals surface area contributed by atoms with Gasteiger partial charge in [-0.25, -0.2) is 4.79 Å². The molecular weight excluding hydrogens is 334 g/mol. The maximum Gasteiger partial charge on any atom is 0.348 e. The molecule has 0 bridgehead atoms. The van der Waals surface area contributed by atoms with Crippen molar-refractivity contribution in [1.29, 1.82) is 0 Å². The minimum absolute atomic E-state index is 0.229. The number of halogens is 1. The summed E-state index contributed by atoms with van der Waals surface area (Å²) >= 11 is 3.45. The molecule has 0 amide bonds. The van der Waals surface area contributed by atoms with Crippen molar-refractivity contribution in [1.82, 2.24) is 9.55 Å². The van der Waals surface area contributed by atoms with Gasteiger partial charge in [0.25, 0.3) is 0 Å². The molecule has 2 N–H and O–H groups in total. The fraction of sp³-hybridized carbons (Fsp3) is 0.333. The lowest BCUT2D eigenvalue weighted by Gasteiger charge is -2.13. The molecule has 0 aliphatic carbocycles. The number of hydrogen-bond donors (Lipinski definition) is 1. The Labute approximate surface area is 131 Å². The first-order chi connectivity index (χ1) is 10.0. The molecule has 2 rings (SSSR count). The van der Waals surface area contributed by atoms with Crippen molar-refractivity contribution in [2.45, 2.75) is 26.8 Å². The van der Waals surface area contributed by atoms with E-state index in [1.165, 1.54) is 0 Å². The monoisotopic (exact) mass is 351 g/mol. The molecule has 0 atom stereocenters. The third-order valence-electron chi connectivity index (χ3n) is 3.24. The fourth-order valence-electron chi connectivity index (χ4n) is 2.06. The number of benzene rings is 1. The second-order valence-corrected chi connectivity index (χ2v) is 5.56. The zero-order valence-electron chi connectivity index (χ0n) is 12.1. The highest BCUT2D eigenvalue weighted by Gasteiger charge is 2.09. The molecule has 5 nitrogen and oxygen atoms in total. The maximum atomic E-state index is 11.9. The summed E-state index contributed by atoms with van der Waals surface area (Å²) in [5.41, 5.74) is 7.78. The molecule has 0 saturated heterocycles. The van der Waals surface area contributed by atoms with Crippen molar-refractivity contribution in [3.8, 4) is 5.75 Å². The Morgan fingerprint density at radius 3 is 2.76 bits per heavy atom. The van der Waals surface area contributed by atoms with Gasteiger partial charge in [0.2, 0.25) is 0 Å². The van der Waals surface area contributed by atoms with E-state index in [-0.39, 0.29) is 5.69 Å². The van der Waals surface area contributed by atoms with Crippen LogP contribution in [0.5, 0.6) is 5.75 Å². The summed E-state index contributed by atoms with van der Waals surface area (Å²) in [5.74, 6) is 0.671. The van der Waals surface area contributed by atoms with Gasteiger partial charge >= 0.3 is 5.69 Å². The molecule has 0 fully saturated rings. The summed E-state index contributed by atoms with van der Waals surface area (Å²) in [6, 6.07) is 7.36. The van der Waals surface area contributed by atoms with Crippen molar-refractivity contribution in [3.05, 3.63) is 50.6 Å². The van der Waals surface area contributed by atoms with E-state index in [2.05, 4.69) is 20.9 Å². The summed E-state index contributed by atoms with van der Waals surface area (Å²) < 4.78 is 8.14. The van der Waals surface area contributed by atoms with E-state index in [1.54, 1.807) is 10.6 Å². The predicted octanol–water partition coefficient (Wildman–Crippen LogP) is 2.67. The highest BCUT2D eigenvalue weighted by molar-refractivity contribution is 9.10. The summed E-state index contributed by atoms with van der Waals surface area (Å²) in [7, 11) is 0. The molecule has 2 aromatic rings. The Hall–Kier alpha value is -1.82. The Bertz CT molecular complexity index is 698. The highest BCUT2D eigenvalue weighted by atomic mass is 79.9. The highest BCUT2D eigenvalue weighted by Crippen LogP contribution is 2.20. The van der Waals surface area contributed by atoms with Crippen LogP contribution >= 0.6 is 15.9 Å². The fourth-order valence-corrected chi connectivity index (χ4v) is 2.36. The van der Waals surface area contributed by atoms with Crippen molar-refractivity contribution in [3.63, 3.8) is 0 Å². The van der Waals surface area contributed by atoms with Gasteiger partial charge in [-0.15, -0.1) is 0 Å². The minimum atomic E-state index is -0.229. The summed E-state index contributed by atoms with van der Waals surface area (Å²) in [6.45, 7) is 4.76. The largest absolute Gasteiger partial charge is 0.491 e. The molecule has 0 spiro atoms. The molecule has 1 aromatic carbocycles. The molecule has 0 aliphatic rings. The number of para-hydroxylation sites is 2. The van der Waals surface area contributed by atoms with Gasteiger partial charge in [-0.3, -0.25) is 4.57 Å². The molecule has 1 heterocycles. The quantitative estimate of drug-likeness (QED) is 0.664. The van der Waals surface area contributed by atoms with Crippen LogP contribution in [0.1, 0.15) is 17.8 Å². The summed E-state index contributed by atoms with van der Waals surface area (Å²) in [4.78, 5) is 15.9. The first kappa shape index (κ1) is 15.6. The number of nitrogens with zero attached hydrogens (tertiary/aromatic N) is 2. The minimum Gasteiger partial charge on any atom is -0.491 e. The van der Waals surface area contributed by atoms with E-state index in [1.807, 2.05) is 32.0 Å². The Morgan fingerprint density at radius 1 is 1.33 bits per heavy atom. The van der Waals surface area contributed by atoms with Crippen LogP contribution in [-0.4, -0.2) is 16.2 Å². The molecule has 6 heteroatoms. The lowest BCUT2D eigenvalue weighted by molar-refractivity contribution is 0.301. The van der Waals surface area contributed by atoms with Gasteiger partial charge in [0, 0.05) is 12.2 Å². The molecule has 0 aliphatic heterocycles. The standard InChI is InChI=1S/C15H18BrN3O2/c1-10-14(16)11(2)19(15(20)18-10)8-5-9-21-13-7-4-3-6-12(13)17/h3-4,6-7H,5,8-9,17H2,1-2H3. The number of rotatable bonds is 5. The molecule has 0 radical (unpaired) electrons. The SMILES string of the molecule is Cc1nc(=O)n(CCCOc2ccccc2N)c(C)c1Br. The van der Waals surface area contributed by atoms with Crippen LogP contribution in [0.4, 0.5) is 5.69 Å². The Balaban J connectivity index is 1.97. The van der Waals surface area contributed by atoms with Crippen molar-refractivity contribution in [2.24, 2.45) is 0 Å². The van der Waals surface area contributed by atoms with Crippen LogP contribution in [0.2, 0.25) is 0 Å². The number of anilines is 1. The van der Waals surface area contributed by atoms with Gasteiger partial charge in [0.05, 0.1) is 22.5 Å². The van der Waals surface area contributed by atoms with E-state index in [9.17, 15) is 4.79 Å². The number of aromatic nitrogens is 2. The second-order valence-electron chi connectivity index (χ2n) is 4.77. The van der Waals surface area contributed by atoms with Gasteiger partial charge in [-0.2, -0.15) is 4.98 Å². The van der Waals surface area contributed by atoms with E-state index < -0.39 is 0 Å². The molecule has 0 unspecified atom stereocenters. The van der Waals surface area contributed by atoms with Crippen molar-refractivity contribution in [2.75, 3.05) is 12.3 Å². The van der Waals surface area contributed by atoms with Crippen LogP contribution in [-0.2, 0) is 6.54 Å². The number of nitrogen functional groups attached to an aromatic ring is 1. The number of aryl methyl sites for hydroxylation is 1. The predicted molar refractivity (Wildman–Crippen MR) is 86.6 cm³/mol. The summed E-state index contributed by atoms with van der Waals surface area (Å²) in [5, 5.41) is 0. The van der Waals surface area contributed by atoms with Gasteiger partial charge in [-0.1, -0.05) is 12.1 Å². The molecule has 112 valence electrons. The normalized spacial score (nSPS) is 10.6. The van der Waals surface area contributed by atoms with Gasteiger partial charge in [-0.05, 0) is 48.3 Å². The number of hydrogen-bond acceptors (Lipinski definition) is 4. The van der Waals surface area contributed by atoms with E-state index in [4.69, 9.17) is 10.5 Å². The van der Waals surface area contributed by atoms with E-state index >= 15 is 0 Å². The number of nitrogens with two attached hydrogens (primary N) is 1. The molecule has 1 aromatic heterocycles. The van der Waals surface area contributed by atoms with Gasteiger partial charge in [0.1, 0.15) is 5.75 Å². The first-order valence-corrected chi connectivity index (χ1v) is 7.51. The zero-order chi connectivity index (χ0) is 15.4. The first-order valence-electron chi connectivity index (χ1n) is 6.71. The van der Waals surface area contributed by atoms with E-state index in [0.29, 0.717) is 36.7 Å². The maximum absolute atomic E-state index is 11.9. The van der Waals surface area contributed by atoms with Crippen LogP contribution in [0, 0.1) is 13.8 Å². The number of ether oxygens (including phenoxy) is 1. The lowest BCUT2D eigenvalue weighted by Crippen LogP contribution is -2.27. The van der Waals surface area contributed by atoms with Gasteiger partial charge in [0.15, 0.2) is 0 Å². The van der Waals surface area contributed by atoms with Crippen LogP contribution in [0.25, 0.3) is 0 Å². The lowest BCUT2D eigenvalue weighted by atomic mass is 10.3. The molecule has 21 heavy (non-hydrogen) atoms. The molecular formula is C15H18BrN3O2.